The van der Waals surface area contributed by atoms with Crippen LogP contribution in [0.4, 0.5) is 25.7 Å². The van der Waals surface area contributed by atoms with Crippen molar-refractivity contribution in [2.24, 2.45) is 0 Å². The van der Waals surface area contributed by atoms with Crippen LogP contribution in [0.15, 0.2) is 128 Å². The van der Waals surface area contributed by atoms with E-state index in [-0.39, 0.29) is 17.4 Å². The molecule has 0 saturated carbocycles. The van der Waals surface area contributed by atoms with E-state index in [0.717, 1.165) is 52.3 Å². The third-order valence-electron chi connectivity index (χ3n) is 7.20. The molecule has 0 fully saturated rings. The van der Waals surface area contributed by atoms with Crippen LogP contribution in [0.2, 0.25) is 0 Å². The minimum absolute atomic E-state index is 0.0522. The van der Waals surface area contributed by atoms with Gasteiger partial charge in [0.25, 0.3) is 0 Å². The molecule has 0 saturated heterocycles. The first kappa shape index (κ1) is 36.6. The van der Waals surface area contributed by atoms with E-state index in [1.165, 1.54) is 24.3 Å². The van der Waals surface area contributed by atoms with Crippen molar-refractivity contribution in [2.45, 2.75) is 52.2 Å². The van der Waals surface area contributed by atoms with Gasteiger partial charge in [-0.15, -0.1) is 0 Å². The van der Waals surface area contributed by atoms with Crippen LogP contribution in [0.1, 0.15) is 38.2 Å². The van der Waals surface area contributed by atoms with Crippen molar-refractivity contribution in [3.63, 3.8) is 0 Å². The van der Waals surface area contributed by atoms with Crippen LogP contribution in [0.25, 0.3) is 0 Å². The van der Waals surface area contributed by atoms with Gasteiger partial charge in [-0.2, -0.15) is 0 Å². The zero-order valence-corrected chi connectivity index (χ0v) is 29.7. The summed E-state index contributed by atoms with van der Waals surface area (Å²) in [5.41, 5.74) is 5.70. The predicted molar refractivity (Wildman–Crippen MR) is 173 cm³/mol. The number of halogens is 8. The molecule has 0 N–H and O–H groups in total. The van der Waals surface area contributed by atoms with E-state index >= 15 is 0 Å². The fourth-order valence-electron chi connectivity index (χ4n) is 4.82. The SMILES string of the molecule is Cc1c(C)c(C(=O)c2ccccc2)c(C)c(C)c1Sc1ccc([S+](c2ccc(F)cc2)c2ccc(F)cc2)cc1.[F][Sb-]([F])([F])([F])([F])[F]. The van der Waals surface area contributed by atoms with Gasteiger partial charge in [-0.05, 0) is 123 Å². The molecule has 0 aliphatic carbocycles. The Morgan fingerprint density at radius 2 is 0.915 bits per heavy atom. The van der Waals surface area contributed by atoms with Crippen molar-refractivity contribution >= 4 is 47.9 Å². The molecule has 1 nitrogen and oxygen atoms in total. The van der Waals surface area contributed by atoms with E-state index in [0.29, 0.717) is 5.56 Å². The molecule has 0 aliphatic heterocycles. The van der Waals surface area contributed by atoms with Crippen LogP contribution < -0.4 is 0 Å². The maximum atomic E-state index is 13.7. The Labute approximate surface area is 277 Å². The first-order chi connectivity index (χ1) is 21.7. The van der Waals surface area contributed by atoms with Gasteiger partial charge in [0.2, 0.25) is 0 Å². The molecule has 0 radical (unpaired) electrons. The van der Waals surface area contributed by atoms with Crippen molar-refractivity contribution < 1.29 is 30.5 Å². The molecule has 12 heteroatoms. The zero-order valence-electron chi connectivity index (χ0n) is 25.5. The summed E-state index contributed by atoms with van der Waals surface area (Å²) in [6.45, 7) is 8.23. The number of hydrogen-bond acceptors (Lipinski definition) is 2. The van der Waals surface area contributed by atoms with Crippen LogP contribution in [-0.2, 0) is 10.9 Å². The Balaban J connectivity index is 0.000000644. The summed E-state index contributed by atoms with van der Waals surface area (Å²) in [6, 6.07) is 30.8. The third-order valence-corrected chi connectivity index (χ3v) is 10.8. The summed E-state index contributed by atoms with van der Waals surface area (Å²) in [4.78, 5) is 18.6. The molecule has 0 spiro atoms. The van der Waals surface area contributed by atoms with Crippen molar-refractivity contribution in [1.82, 2.24) is 0 Å². The van der Waals surface area contributed by atoms with Crippen LogP contribution >= 0.6 is 11.8 Å². The standard InChI is InChI=1S/C35H29F2OS2.6FH.Sb/c1-22-24(3)35(25(4)23(2)33(22)34(38)26-8-6-5-7-9-26)39-29-14-20-32(21-15-29)40(30-16-10-27(36)11-17-30)31-18-12-28(37)13-19-31;;;;;;;/h5-21H,1-4H3;6*1H;/q+1;;;;;;;+5/p-6. The number of ketones is 1. The molecule has 0 aliphatic rings. The molecule has 0 atom stereocenters. The van der Waals surface area contributed by atoms with Gasteiger partial charge in [-0.25, -0.2) is 8.78 Å². The number of rotatable bonds is 7. The number of carbonyl (C=O) groups is 1. The van der Waals surface area contributed by atoms with Gasteiger partial charge in [0.1, 0.15) is 11.6 Å². The summed E-state index contributed by atoms with van der Waals surface area (Å²) in [6.07, 6.45) is 0. The van der Waals surface area contributed by atoms with Crippen molar-refractivity contribution in [3.8, 4) is 0 Å². The summed E-state index contributed by atoms with van der Waals surface area (Å²) in [7, 11) is -0.509. The quantitative estimate of drug-likeness (QED) is 0.0706. The second kappa shape index (κ2) is 13.3. The predicted octanol–water partition coefficient (Wildman–Crippen LogP) is 11.8. The van der Waals surface area contributed by atoms with Crippen molar-refractivity contribution in [3.05, 3.63) is 148 Å². The van der Waals surface area contributed by atoms with Crippen molar-refractivity contribution in [2.75, 3.05) is 0 Å². The van der Waals surface area contributed by atoms with Crippen molar-refractivity contribution in [1.29, 1.82) is 0 Å². The molecule has 0 amide bonds. The Kier molecular flexibility index (Phi) is 10.4. The second-order valence-corrected chi connectivity index (χ2v) is 19.2. The normalized spacial score (nSPS) is 13.0. The van der Waals surface area contributed by atoms with Gasteiger partial charge >= 0.3 is 36.4 Å². The van der Waals surface area contributed by atoms with Gasteiger partial charge in [-0.1, -0.05) is 42.1 Å². The molecular formula is C35H29F8OS2Sb. The van der Waals surface area contributed by atoms with E-state index in [9.17, 15) is 30.5 Å². The van der Waals surface area contributed by atoms with E-state index in [2.05, 4.69) is 38.1 Å². The average Bonchev–Trinajstić information content (AvgIpc) is 3.00. The molecule has 47 heavy (non-hydrogen) atoms. The van der Waals surface area contributed by atoms with Gasteiger partial charge in [0, 0.05) is 20.9 Å². The summed E-state index contributed by atoms with van der Waals surface area (Å²) < 4.78 is 86.9. The first-order valence-corrected chi connectivity index (χ1v) is 21.8. The topological polar surface area (TPSA) is 17.1 Å². The molecule has 0 aromatic heterocycles. The molecule has 5 rings (SSSR count). The minimum atomic E-state index is -11.2. The number of carbonyl (C=O) groups excluding carboxylic acids is 1. The van der Waals surface area contributed by atoms with Crippen LogP contribution in [0, 0.1) is 39.3 Å². The molecule has 5 aromatic rings. The molecule has 0 bridgehead atoms. The van der Waals surface area contributed by atoms with Crippen LogP contribution in [0.3, 0.4) is 0 Å². The van der Waals surface area contributed by atoms with Gasteiger partial charge in [0.05, 0.1) is 10.9 Å². The van der Waals surface area contributed by atoms with Crippen LogP contribution in [-0.4, -0.2) is 25.3 Å². The van der Waals surface area contributed by atoms with E-state index in [1.54, 1.807) is 36.0 Å². The fraction of sp³-hybridized carbons (Fsp3) is 0.114. The summed E-state index contributed by atoms with van der Waals surface area (Å²) in [5.74, 6) is -0.520. The zero-order chi connectivity index (χ0) is 34.8. The first-order valence-electron chi connectivity index (χ1n) is 14.0. The summed E-state index contributed by atoms with van der Waals surface area (Å²) in [5, 5.41) is 0. The van der Waals surface area contributed by atoms with E-state index < -0.39 is 30.4 Å². The Morgan fingerprint density at radius 3 is 1.30 bits per heavy atom. The monoisotopic (exact) mass is 802 g/mol. The Hall–Kier alpha value is -3.27. The van der Waals surface area contributed by atoms with E-state index in [1.807, 2.05) is 44.2 Å². The molecule has 0 heterocycles. The molecule has 0 unspecified atom stereocenters. The summed E-state index contributed by atoms with van der Waals surface area (Å²) >= 11 is -9.56. The van der Waals surface area contributed by atoms with E-state index in [4.69, 9.17) is 0 Å². The number of hydrogen-bond donors (Lipinski definition) is 0. The molecule has 5 aromatic carbocycles. The molecular weight excluding hydrogens is 774 g/mol. The van der Waals surface area contributed by atoms with Gasteiger partial charge in [-0.3, -0.25) is 4.79 Å². The van der Waals surface area contributed by atoms with Gasteiger partial charge < -0.3 is 0 Å². The fourth-order valence-corrected chi connectivity index (χ4v) is 7.98. The number of benzene rings is 5. The third kappa shape index (κ3) is 10.4. The second-order valence-electron chi connectivity index (χ2n) is 10.6. The van der Waals surface area contributed by atoms with Gasteiger partial charge in [0.15, 0.2) is 20.5 Å². The van der Waals surface area contributed by atoms with Crippen LogP contribution in [0.5, 0.6) is 0 Å². The average molecular weight is 803 g/mol. The Bertz CT molecular complexity index is 1810. The molecule has 248 valence electrons. The Morgan fingerprint density at radius 1 is 0.553 bits per heavy atom. The maximum absolute atomic E-state index is 13.7.